The van der Waals surface area contributed by atoms with Crippen LogP contribution in [-0.2, 0) is 4.79 Å². The number of phenols is 1. The van der Waals surface area contributed by atoms with Crippen molar-refractivity contribution in [2.45, 2.75) is 6.04 Å². The number of hydrogen-bond donors (Lipinski definition) is 3. The summed E-state index contributed by atoms with van der Waals surface area (Å²) in [7, 11) is 1.57. The highest BCUT2D eigenvalue weighted by molar-refractivity contribution is 5.84. The van der Waals surface area contributed by atoms with Gasteiger partial charge in [-0.2, -0.15) is 0 Å². The minimum absolute atomic E-state index is 0.137. The summed E-state index contributed by atoms with van der Waals surface area (Å²) in [4.78, 5) is 11.6. The number of nitrogens with one attached hydrogen (secondary N) is 1. The molecule has 20 heavy (non-hydrogen) atoms. The number of amides is 1. The number of nitrogens with two attached hydrogens (primary N) is 1. The molecule has 2 aromatic carbocycles. The summed E-state index contributed by atoms with van der Waals surface area (Å²) in [6.45, 7) is 0. The number of hydrogen-bond acceptors (Lipinski definition) is 4. The zero-order valence-corrected chi connectivity index (χ0v) is 11.0. The summed E-state index contributed by atoms with van der Waals surface area (Å²) in [5.41, 5.74) is 6.83. The van der Waals surface area contributed by atoms with Crippen molar-refractivity contribution >= 4 is 11.6 Å². The third-order valence-corrected chi connectivity index (χ3v) is 2.89. The van der Waals surface area contributed by atoms with Crippen LogP contribution in [-0.4, -0.2) is 18.1 Å². The molecule has 2 aromatic rings. The Balaban J connectivity index is 2.25. The molecule has 1 amide bonds. The standard InChI is InChI=1S/C15H16N2O3/c1-20-13-4-2-3-11(9-13)17-14(15(16)19)10-5-7-12(18)8-6-10/h2-9,14,17-18H,1H3,(H2,16,19). The number of primary amides is 1. The monoisotopic (exact) mass is 272 g/mol. The molecule has 0 aliphatic heterocycles. The Kier molecular flexibility index (Phi) is 4.10. The minimum Gasteiger partial charge on any atom is -0.508 e. The van der Waals surface area contributed by atoms with Gasteiger partial charge >= 0.3 is 0 Å². The quantitative estimate of drug-likeness (QED) is 0.777. The first kappa shape index (κ1) is 13.7. The highest BCUT2D eigenvalue weighted by Crippen LogP contribution is 2.24. The van der Waals surface area contributed by atoms with Crippen LogP contribution in [0.5, 0.6) is 11.5 Å². The van der Waals surface area contributed by atoms with E-state index >= 15 is 0 Å². The molecule has 0 fully saturated rings. The number of phenolic OH excluding ortho intramolecular Hbond substituents is 1. The summed E-state index contributed by atoms with van der Waals surface area (Å²) in [5.74, 6) is 0.320. The first-order chi connectivity index (χ1) is 9.60. The number of anilines is 1. The number of carbonyl (C=O) groups is 1. The van der Waals surface area contributed by atoms with Crippen LogP contribution in [0.4, 0.5) is 5.69 Å². The van der Waals surface area contributed by atoms with E-state index in [0.29, 0.717) is 11.3 Å². The molecule has 0 aliphatic rings. The van der Waals surface area contributed by atoms with Gasteiger partial charge < -0.3 is 20.9 Å². The van der Waals surface area contributed by atoms with Crippen LogP contribution < -0.4 is 15.8 Å². The fraction of sp³-hybridized carbons (Fsp3) is 0.133. The topological polar surface area (TPSA) is 84.6 Å². The predicted octanol–water partition coefficient (Wildman–Crippen LogP) is 2.04. The van der Waals surface area contributed by atoms with E-state index in [1.54, 1.807) is 25.3 Å². The number of benzene rings is 2. The average molecular weight is 272 g/mol. The molecule has 0 spiro atoms. The van der Waals surface area contributed by atoms with E-state index in [4.69, 9.17) is 10.5 Å². The van der Waals surface area contributed by atoms with Crippen LogP contribution in [0.15, 0.2) is 48.5 Å². The van der Waals surface area contributed by atoms with E-state index in [1.165, 1.54) is 12.1 Å². The maximum atomic E-state index is 11.6. The molecule has 0 radical (unpaired) electrons. The van der Waals surface area contributed by atoms with Gasteiger partial charge in [0, 0.05) is 11.8 Å². The summed E-state index contributed by atoms with van der Waals surface area (Å²) in [6, 6.07) is 12.9. The Bertz CT molecular complexity index is 596. The molecule has 5 nitrogen and oxygen atoms in total. The van der Waals surface area contributed by atoms with Gasteiger partial charge in [0.1, 0.15) is 17.5 Å². The number of ether oxygens (including phenoxy) is 1. The molecule has 0 saturated carbocycles. The SMILES string of the molecule is COc1cccc(NC(C(N)=O)c2ccc(O)cc2)c1. The highest BCUT2D eigenvalue weighted by Gasteiger charge is 2.17. The van der Waals surface area contributed by atoms with Crippen LogP contribution in [0.2, 0.25) is 0 Å². The molecule has 0 saturated heterocycles. The third kappa shape index (κ3) is 3.20. The van der Waals surface area contributed by atoms with Crippen molar-refractivity contribution in [3.8, 4) is 11.5 Å². The van der Waals surface area contributed by atoms with Gasteiger partial charge in [-0.1, -0.05) is 18.2 Å². The molecule has 0 bridgehead atoms. The third-order valence-electron chi connectivity index (χ3n) is 2.89. The Labute approximate surface area is 117 Å². The summed E-state index contributed by atoms with van der Waals surface area (Å²) < 4.78 is 5.13. The molecule has 0 aliphatic carbocycles. The predicted molar refractivity (Wildman–Crippen MR) is 76.7 cm³/mol. The number of rotatable bonds is 5. The van der Waals surface area contributed by atoms with Crippen molar-refractivity contribution < 1.29 is 14.6 Å². The van der Waals surface area contributed by atoms with Crippen LogP contribution >= 0.6 is 0 Å². The maximum Gasteiger partial charge on any atom is 0.244 e. The lowest BCUT2D eigenvalue weighted by molar-refractivity contribution is -0.118. The van der Waals surface area contributed by atoms with E-state index in [1.807, 2.05) is 18.2 Å². The van der Waals surface area contributed by atoms with Crippen LogP contribution in [0.3, 0.4) is 0 Å². The zero-order valence-electron chi connectivity index (χ0n) is 11.0. The second-order valence-electron chi connectivity index (χ2n) is 4.30. The Hall–Kier alpha value is -2.69. The van der Waals surface area contributed by atoms with Gasteiger partial charge in [0.05, 0.1) is 7.11 Å². The van der Waals surface area contributed by atoms with Crippen molar-refractivity contribution in [1.82, 2.24) is 0 Å². The van der Waals surface area contributed by atoms with Gasteiger partial charge in [-0.05, 0) is 29.8 Å². The first-order valence-corrected chi connectivity index (χ1v) is 6.09. The fourth-order valence-electron chi connectivity index (χ4n) is 1.87. The second kappa shape index (κ2) is 5.97. The molecule has 1 atom stereocenters. The smallest absolute Gasteiger partial charge is 0.244 e. The Morgan fingerprint density at radius 3 is 2.55 bits per heavy atom. The number of carbonyl (C=O) groups excluding carboxylic acids is 1. The van der Waals surface area contributed by atoms with Gasteiger partial charge in [0.2, 0.25) is 5.91 Å². The lowest BCUT2D eigenvalue weighted by atomic mass is 10.1. The Morgan fingerprint density at radius 1 is 1.25 bits per heavy atom. The molecule has 4 N–H and O–H groups in total. The van der Waals surface area contributed by atoms with Crippen molar-refractivity contribution in [2.75, 3.05) is 12.4 Å². The van der Waals surface area contributed by atoms with Crippen LogP contribution in [0, 0.1) is 0 Å². The number of methoxy groups -OCH3 is 1. The van der Waals surface area contributed by atoms with Crippen molar-refractivity contribution in [1.29, 1.82) is 0 Å². The van der Waals surface area contributed by atoms with Crippen molar-refractivity contribution in [2.24, 2.45) is 5.73 Å². The average Bonchev–Trinajstić information content (AvgIpc) is 2.46. The summed E-state index contributed by atoms with van der Waals surface area (Å²) >= 11 is 0. The zero-order chi connectivity index (χ0) is 14.5. The van der Waals surface area contributed by atoms with Gasteiger partial charge in [-0.15, -0.1) is 0 Å². The number of aromatic hydroxyl groups is 1. The lowest BCUT2D eigenvalue weighted by Crippen LogP contribution is -2.27. The maximum absolute atomic E-state index is 11.6. The lowest BCUT2D eigenvalue weighted by Gasteiger charge is -2.17. The van der Waals surface area contributed by atoms with Crippen molar-refractivity contribution in [3.63, 3.8) is 0 Å². The first-order valence-electron chi connectivity index (χ1n) is 6.09. The van der Waals surface area contributed by atoms with Crippen LogP contribution in [0.1, 0.15) is 11.6 Å². The van der Waals surface area contributed by atoms with Gasteiger partial charge in [-0.3, -0.25) is 4.79 Å². The molecular formula is C15H16N2O3. The van der Waals surface area contributed by atoms with E-state index in [2.05, 4.69) is 5.32 Å². The molecule has 104 valence electrons. The normalized spacial score (nSPS) is 11.7. The minimum atomic E-state index is -0.678. The summed E-state index contributed by atoms with van der Waals surface area (Å²) in [5, 5.41) is 12.3. The van der Waals surface area contributed by atoms with Gasteiger partial charge in [-0.25, -0.2) is 0 Å². The van der Waals surface area contributed by atoms with E-state index in [0.717, 1.165) is 5.69 Å². The Morgan fingerprint density at radius 2 is 1.95 bits per heavy atom. The van der Waals surface area contributed by atoms with E-state index in [9.17, 15) is 9.90 Å². The molecular weight excluding hydrogens is 256 g/mol. The molecule has 5 heteroatoms. The van der Waals surface area contributed by atoms with Crippen molar-refractivity contribution in [3.05, 3.63) is 54.1 Å². The molecule has 1 unspecified atom stereocenters. The molecule has 2 rings (SSSR count). The second-order valence-corrected chi connectivity index (χ2v) is 4.30. The largest absolute Gasteiger partial charge is 0.508 e. The van der Waals surface area contributed by atoms with E-state index < -0.39 is 11.9 Å². The summed E-state index contributed by atoms with van der Waals surface area (Å²) in [6.07, 6.45) is 0. The molecule has 0 heterocycles. The fourth-order valence-corrected chi connectivity index (χ4v) is 1.87. The van der Waals surface area contributed by atoms with E-state index in [-0.39, 0.29) is 5.75 Å². The van der Waals surface area contributed by atoms with Crippen LogP contribution in [0.25, 0.3) is 0 Å². The highest BCUT2D eigenvalue weighted by atomic mass is 16.5. The molecule has 0 aromatic heterocycles. The van der Waals surface area contributed by atoms with Gasteiger partial charge in [0.15, 0.2) is 0 Å². The van der Waals surface area contributed by atoms with Gasteiger partial charge in [0.25, 0.3) is 0 Å².